The van der Waals surface area contributed by atoms with E-state index in [1.54, 1.807) is 17.0 Å². The molecular weight excluding hydrogens is 540 g/mol. The van der Waals surface area contributed by atoms with Crippen LogP contribution in [0.2, 0.25) is 5.02 Å². The second-order valence-electron chi connectivity index (χ2n) is 9.27. The number of hydrogen-bond acceptors (Lipinski definition) is 6. The third-order valence-electron chi connectivity index (χ3n) is 6.18. The van der Waals surface area contributed by atoms with Crippen LogP contribution < -0.4 is 4.90 Å². The van der Waals surface area contributed by atoms with Crippen LogP contribution in [0, 0.1) is 6.92 Å². The summed E-state index contributed by atoms with van der Waals surface area (Å²) in [6.07, 6.45) is 0. The van der Waals surface area contributed by atoms with E-state index < -0.39 is 10.0 Å². The van der Waals surface area contributed by atoms with E-state index in [0.29, 0.717) is 35.4 Å². The predicted octanol–water partition coefficient (Wildman–Crippen LogP) is 5.68. The number of thiazole rings is 1. The van der Waals surface area contributed by atoms with Gasteiger partial charge in [-0.2, -0.15) is 4.31 Å². The number of aromatic nitrogens is 1. The van der Waals surface area contributed by atoms with E-state index in [1.807, 2.05) is 75.3 Å². The first-order chi connectivity index (χ1) is 18.1. The third kappa shape index (κ3) is 6.24. The number of halogens is 1. The maximum Gasteiger partial charge on any atom is 0.260 e. The highest BCUT2D eigenvalue weighted by molar-refractivity contribution is 7.89. The van der Waals surface area contributed by atoms with Crippen LogP contribution in [-0.4, -0.2) is 62.2 Å². The number of amides is 1. The van der Waals surface area contributed by atoms with Gasteiger partial charge in [-0.3, -0.25) is 9.69 Å². The Balaban J connectivity index is 1.62. The van der Waals surface area contributed by atoms with Gasteiger partial charge < -0.3 is 4.90 Å². The minimum absolute atomic E-state index is 0.150. The van der Waals surface area contributed by atoms with Crippen molar-refractivity contribution >= 4 is 54.2 Å². The van der Waals surface area contributed by atoms with Crippen LogP contribution in [0.4, 0.5) is 5.13 Å². The summed E-state index contributed by atoms with van der Waals surface area (Å²) in [5.41, 5.74) is 3.06. The molecule has 0 saturated carbocycles. The van der Waals surface area contributed by atoms with E-state index in [2.05, 4.69) is 0 Å². The SMILES string of the molecule is CCN(Cc1ccccc1)S(=O)(=O)c1ccc(C(=O)N(CCN(C)C)c2nc3c(C)cc(Cl)cc3s2)cc1. The number of likely N-dealkylation sites (N-methyl/N-ethyl adjacent to an activating group) is 1. The van der Waals surface area contributed by atoms with Crippen LogP contribution in [0.1, 0.15) is 28.4 Å². The first kappa shape index (κ1) is 28.2. The summed E-state index contributed by atoms with van der Waals surface area (Å²) >= 11 is 7.65. The van der Waals surface area contributed by atoms with Gasteiger partial charge in [-0.1, -0.05) is 60.2 Å². The fraction of sp³-hybridized carbons (Fsp3) is 0.286. The van der Waals surface area contributed by atoms with Crippen molar-refractivity contribution in [1.29, 1.82) is 0 Å². The minimum atomic E-state index is -3.73. The van der Waals surface area contributed by atoms with Crippen molar-refractivity contribution in [3.63, 3.8) is 0 Å². The van der Waals surface area contributed by atoms with Gasteiger partial charge in [0.25, 0.3) is 5.91 Å². The number of aryl methyl sites for hydroxylation is 1. The monoisotopic (exact) mass is 570 g/mol. The summed E-state index contributed by atoms with van der Waals surface area (Å²) in [5, 5.41) is 1.20. The first-order valence-corrected chi connectivity index (χ1v) is 14.9. The summed E-state index contributed by atoms with van der Waals surface area (Å²) in [7, 11) is 0.155. The van der Waals surface area contributed by atoms with Crippen molar-refractivity contribution in [1.82, 2.24) is 14.2 Å². The maximum absolute atomic E-state index is 13.7. The van der Waals surface area contributed by atoms with Crippen molar-refractivity contribution in [3.8, 4) is 0 Å². The van der Waals surface area contributed by atoms with Gasteiger partial charge >= 0.3 is 0 Å². The van der Waals surface area contributed by atoms with Gasteiger partial charge in [0.15, 0.2) is 5.13 Å². The van der Waals surface area contributed by atoms with Crippen LogP contribution in [-0.2, 0) is 16.6 Å². The molecule has 4 rings (SSSR count). The van der Waals surface area contributed by atoms with Crippen LogP contribution >= 0.6 is 22.9 Å². The molecule has 10 heteroatoms. The van der Waals surface area contributed by atoms with Crippen LogP contribution in [0.3, 0.4) is 0 Å². The molecule has 38 heavy (non-hydrogen) atoms. The van der Waals surface area contributed by atoms with Gasteiger partial charge in [0.1, 0.15) is 0 Å². The van der Waals surface area contributed by atoms with Crippen molar-refractivity contribution in [2.45, 2.75) is 25.3 Å². The third-order valence-corrected chi connectivity index (χ3v) is 9.36. The molecule has 1 amide bonds. The minimum Gasteiger partial charge on any atom is -0.308 e. The number of carbonyl (C=O) groups excluding carboxylic acids is 1. The van der Waals surface area contributed by atoms with Gasteiger partial charge in [-0.05, 0) is 68.5 Å². The number of hydrogen-bond donors (Lipinski definition) is 0. The molecule has 0 bridgehead atoms. The van der Waals surface area contributed by atoms with Crippen molar-refractivity contribution in [3.05, 3.63) is 88.4 Å². The molecule has 1 aromatic heterocycles. The Bertz CT molecular complexity index is 1520. The lowest BCUT2D eigenvalue weighted by atomic mass is 10.2. The highest BCUT2D eigenvalue weighted by atomic mass is 35.5. The molecule has 1 heterocycles. The van der Waals surface area contributed by atoms with E-state index >= 15 is 0 Å². The highest BCUT2D eigenvalue weighted by Gasteiger charge is 2.26. The van der Waals surface area contributed by atoms with E-state index in [4.69, 9.17) is 16.6 Å². The zero-order valence-electron chi connectivity index (χ0n) is 21.9. The molecule has 0 unspecified atom stereocenters. The van der Waals surface area contributed by atoms with Gasteiger partial charge in [0.05, 0.1) is 15.1 Å². The van der Waals surface area contributed by atoms with Crippen LogP contribution in [0.5, 0.6) is 0 Å². The number of fused-ring (bicyclic) bond motifs is 1. The summed E-state index contributed by atoms with van der Waals surface area (Å²) in [6.45, 7) is 5.43. The molecule has 0 atom stereocenters. The maximum atomic E-state index is 13.7. The molecule has 0 aliphatic heterocycles. The highest BCUT2D eigenvalue weighted by Crippen LogP contribution is 2.33. The van der Waals surface area contributed by atoms with Crippen LogP contribution in [0.25, 0.3) is 10.2 Å². The molecular formula is C28H31ClN4O3S2. The fourth-order valence-corrected chi connectivity index (χ4v) is 6.95. The molecule has 3 aromatic carbocycles. The molecule has 0 spiro atoms. The molecule has 0 N–H and O–H groups in total. The Morgan fingerprint density at radius 3 is 2.32 bits per heavy atom. The normalized spacial score (nSPS) is 12.0. The Labute approximate surface area is 233 Å². The molecule has 4 aromatic rings. The Morgan fingerprint density at radius 1 is 1.00 bits per heavy atom. The first-order valence-electron chi connectivity index (χ1n) is 12.3. The number of benzene rings is 3. The molecule has 0 aliphatic carbocycles. The average Bonchev–Trinajstić information content (AvgIpc) is 3.31. The Hall–Kier alpha value is -2.82. The Kier molecular flexibility index (Phi) is 8.85. The quantitative estimate of drug-likeness (QED) is 0.245. The van der Waals surface area contributed by atoms with Crippen molar-refractivity contribution in [2.24, 2.45) is 0 Å². The summed E-state index contributed by atoms with van der Waals surface area (Å²) in [5.74, 6) is -0.241. The predicted molar refractivity (Wildman–Crippen MR) is 156 cm³/mol. The van der Waals surface area contributed by atoms with E-state index in [1.165, 1.54) is 27.8 Å². The van der Waals surface area contributed by atoms with Gasteiger partial charge in [0.2, 0.25) is 10.0 Å². The number of nitrogens with zero attached hydrogens (tertiary/aromatic N) is 4. The average molecular weight is 571 g/mol. The van der Waals surface area contributed by atoms with Gasteiger partial charge in [0, 0.05) is 36.8 Å². The van der Waals surface area contributed by atoms with E-state index in [0.717, 1.165) is 21.3 Å². The Morgan fingerprint density at radius 2 is 1.68 bits per heavy atom. The number of rotatable bonds is 10. The zero-order chi connectivity index (χ0) is 27.4. The number of carbonyl (C=O) groups is 1. The van der Waals surface area contributed by atoms with Crippen molar-refractivity contribution in [2.75, 3.05) is 38.6 Å². The molecule has 0 radical (unpaired) electrons. The standard InChI is InChI=1S/C28H31ClN4O3S2/c1-5-32(19-21-9-7-6-8-10-21)38(35,36)24-13-11-22(12-14-24)27(34)33(16-15-31(3)4)28-30-26-20(2)17-23(29)18-25(26)37-28/h6-14,17-18H,5,15-16,19H2,1-4H3. The second-order valence-corrected chi connectivity index (χ2v) is 12.7. The summed E-state index contributed by atoms with van der Waals surface area (Å²) < 4.78 is 29.0. The van der Waals surface area contributed by atoms with Crippen LogP contribution in [0.15, 0.2) is 71.6 Å². The number of sulfonamides is 1. The molecule has 200 valence electrons. The summed E-state index contributed by atoms with van der Waals surface area (Å²) in [6, 6.07) is 19.3. The second kappa shape index (κ2) is 11.9. The lowest BCUT2D eigenvalue weighted by Crippen LogP contribution is -2.36. The molecule has 0 saturated heterocycles. The molecule has 0 fully saturated rings. The lowest BCUT2D eigenvalue weighted by Gasteiger charge is -2.23. The fourth-order valence-electron chi connectivity index (χ4n) is 4.07. The molecule has 0 aliphatic rings. The smallest absolute Gasteiger partial charge is 0.260 e. The van der Waals surface area contributed by atoms with Gasteiger partial charge in [-0.25, -0.2) is 13.4 Å². The number of anilines is 1. The van der Waals surface area contributed by atoms with E-state index in [9.17, 15) is 13.2 Å². The lowest BCUT2D eigenvalue weighted by molar-refractivity contribution is 0.0985. The van der Waals surface area contributed by atoms with Crippen molar-refractivity contribution < 1.29 is 13.2 Å². The summed E-state index contributed by atoms with van der Waals surface area (Å²) in [4.78, 5) is 22.2. The topological polar surface area (TPSA) is 73.8 Å². The van der Waals surface area contributed by atoms with Gasteiger partial charge in [-0.15, -0.1) is 0 Å². The molecule has 7 nitrogen and oxygen atoms in total. The zero-order valence-corrected chi connectivity index (χ0v) is 24.3. The van der Waals surface area contributed by atoms with E-state index in [-0.39, 0.29) is 17.3 Å². The largest absolute Gasteiger partial charge is 0.308 e.